The van der Waals surface area contributed by atoms with Crippen molar-refractivity contribution in [3.8, 4) is 0 Å². The van der Waals surface area contributed by atoms with Gasteiger partial charge in [-0.1, -0.05) is 12.1 Å². The maximum atomic E-state index is 12.2. The van der Waals surface area contributed by atoms with Crippen LogP contribution in [0, 0.1) is 0 Å². The number of anilines is 1. The van der Waals surface area contributed by atoms with Gasteiger partial charge < -0.3 is 20.8 Å². The molecule has 2 aromatic rings. The molecule has 134 valence electrons. The Labute approximate surface area is 148 Å². The summed E-state index contributed by atoms with van der Waals surface area (Å²) in [6, 6.07) is 9.55. The molecule has 1 aromatic heterocycles. The van der Waals surface area contributed by atoms with Crippen LogP contribution in [-0.4, -0.2) is 37.1 Å². The minimum absolute atomic E-state index is 0.000119. The molecule has 9 nitrogen and oxygen atoms in total. The molecule has 0 bridgehead atoms. The Hall–Kier alpha value is -3.46. The quantitative estimate of drug-likeness (QED) is 0.596. The Kier molecular flexibility index (Phi) is 4.55. The van der Waals surface area contributed by atoms with Crippen LogP contribution in [0.25, 0.3) is 0 Å². The molecule has 3 rings (SSSR count). The van der Waals surface area contributed by atoms with Crippen LogP contribution in [0.15, 0.2) is 52.1 Å². The highest BCUT2D eigenvalue weighted by Crippen LogP contribution is 2.28. The van der Waals surface area contributed by atoms with Crippen molar-refractivity contribution >= 4 is 29.1 Å². The topological polar surface area (TPSA) is 139 Å². The number of carbonyl (C=O) groups is 3. The summed E-state index contributed by atoms with van der Waals surface area (Å²) in [5.41, 5.74) is 5.00. The molecular weight excluding hydrogens is 338 g/mol. The number of hydrogen-bond donors (Lipinski definition) is 4. The molecule has 1 atom stereocenters. The summed E-state index contributed by atoms with van der Waals surface area (Å²) in [5, 5.41) is 8.02. The molecule has 0 saturated heterocycles. The van der Waals surface area contributed by atoms with Crippen LogP contribution >= 0.6 is 0 Å². The van der Waals surface area contributed by atoms with Gasteiger partial charge in [-0.3, -0.25) is 24.7 Å². The van der Waals surface area contributed by atoms with E-state index < -0.39 is 23.3 Å². The SMILES string of the molecule is CNC(=O)C1=NCNC1(C(N)=O)c1ccc(NC(=O)c2ccco2)cc1. The Morgan fingerprint density at radius 2 is 1.92 bits per heavy atom. The van der Waals surface area contributed by atoms with Crippen molar-refractivity contribution in [3.63, 3.8) is 0 Å². The molecule has 0 fully saturated rings. The summed E-state index contributed by atoms with van der Waals surface area (Å²) < 4.78 is 5.03. The highest BCUT2D eigenvalue weighted by molar-refractivity contribution is 6.47. The smallest absolute Gasteiger partial charge is 0.291 e. The Morgan fingerprint density at radius 3 is 2.50 bits per heavy atom. The summed E-state index contributed by atoms with van der Waals surface area (Å²) in [7, 11) is 1.45. The van der Waals surface area contributed by atoms with E-state index in [1.807, 2.05) is 0 Å². The lowest BCUT2D eigenvalue weighted by molar-refractivity contribution is -0.123. The Morgan fingerprint density at radius 1 is 1.19 bits per heavy atom. The lowest BCUT2D eigenvalue weighted by Gasteiger charge is -2.27. The molecule has 2 heterocycles. The second-order valence-electron chi connectivity index (χ2n) is 5.54. The molecule has 1 aromatic carbocycles. The zero-order valence-corrected chi connectivity index (χ0v) is 13.9. The van der Waals surface area contributed by atoms with Crippen molar-refractivity contribution < 1.29 is 18.8 Å². The van der Waals surface area contributed by atoms with Crippen molar-refractivity contribution in [2.24, 2.45) is 10.7 Å². The van der Waals surface area contributed by atoms with Gasteiger partial charge in [0, 0.05) is 12.7 Å². The van der Waals surface area contributed by atoms with E-state index in [-0.39, 0.29) is 18.1 Å². The number of hydrogen-bond acceptors (Lipinski definition) is 6. The molecular formula is C17H17N5O4. The molecule has 5 N–H and O–H groups in total. The summed E-state index contributed by atoms with van der Waals surface area (Å²) in [4.78, 5) is 40.4. The van der Waals surface area contributed by atoms with Gasteiger partial charge in [-0.15, -0.1) is 0 Å². The monoisotopic (exact) mass is 355 g/mol. The van der Waals surface area contributed by atoms with Crippen LogP contribution in [0.2, 0.25) is 0 Å². The first-order valence-electron chi connectivity index (χ1n) is 7.76. The summed E-state index contributed by atoms with van der Waals surface area (Å²) in [5.74, 6) is -1.47. The van der Waals surface area contributed by atoms with Gasteiger partial charge in [0.15, 0.2) is 11.3 Å². The number of benzene rings is 1. The number of nitrogens with zero attached hydrogens (tertiary/aromatic N) is 1. The third kappa shape index (κ3) is 2.84. The first kappa shape index (κ1) is 17.4. The number of rotatable bonds is 5. The van der Waals surface area contributed by atoms with E-state index in [0.717, 1.165) is 0 Å². The van der Waals surface area contributed by atoms with Crippen molar-refractivity contribution in [2.75, 3.05) is 19.0 Å². The van der Waals surface area contributed by atoms with E-state index in [4.69, 9.17) is 10.2 Å². The highest BCUT2D eigenvalue weighted by Gasteiger charge is 2.49. The minimum Gasteiger partial charge on any atom is -0.459 e. The van der Waals surface area contributed by atoms with Crippen LogP contribution < -0.4 is 21.7 Å². The molecule has 9 heteroatoms. The molecule has 3 amide bonds. The zero-order chi connectivity index (χ0) is 18.7. The van der Waals surface area contributed by atoms with E-state index in [1.54, 1.807) is 36.4 Å². The van der Waals surface area contributed by atoms with Crippen molar-refractivity contribution in [1.82, 2.24) is 10.6 Å². The van der Waals surface area contributed by atoms with E-state index >= 15 is 0 Å². The summed E-state index contributed by atoms with van der Waals surface area (Å²) in [6.07, 6.45) is 1.40. The second-order valence-corrected chi connectivity index (χ2v) is 5.54. The maximum absolute atomic E-state index is 12.2. The third-order valence-electron chi connectivity index (χ3n) is 4.07. The van der Waals surface area contributed by atoms with Gasteiger partial charge >= 0.3 is 0 Å². The van der Waals surface area contributed by atoms with Gasteiger partial charge in [-0.25, -0.2) is 0 Å². The van der Waals surface area contributed by atoms with Crippen LogP contribution in [-0.2, 0) is 15.1 Å². The fraction of sp³-hybridized carbons (Fsp3) is 0.176. The number of amides is 3. The molecule has 0 aliphatic carbocycles. The summed E-state index contributed by atoms with van der Waals surface area (Å²) >= 11 is 0. The zero-order valence-electron chi connectivity index (χ0n) is 13.9. The first-order chi connectivity index (χ1) is 12.5. The van der Waals surface area contributed by atoms with Crippen LogP contribution in [0.4, 0.5) is 5.69 Å². The lowest BCUT2D eigenvalue weighted by Crippen LogP contribution is -2.58. The van der Waals surface area contributed by atoms with E-state index in [2.05, 4.69) is 20.9 Å². The fourth-order valence-corrected chi connectivity index (χ4v) is 2.79. The average molecular weight is 355 g/mol. The standard InChI is InChI=1S/C17H17N5O4/c1-19-15(24)13-17(16(18)25,21-9-20-13)10-4-6-11(7-5-10)22-14(23)12-3-2-8-26-12/h2-8,21H,9H2,1H3,(H2,18,25)(H,19,24)(H,22,23). The van der Waals surface area contributed by atoms with E-state index in [9.17, 15) is 14.4 Å². The normalized spacial score (nSPS) is 18.9. The number of furan rings is 1. The number of carbonyl (C=O) groups excluding carboxylic acids is 3. The maximum Gasteiger partial charge on any atom is 0.291 e. The molecule has 26 heavy (non-hydrogen) atoms. The Bertz CT molecular complexity index is 873. The second kappa shape index (κ2) is 6.81. The number of nitrogens with one attached hydrogen (secondary N) is 3. The average Bonchev–Trinajstić information content (AvgIpc) is 3.32. The molecule has 1 aliphatic heterocycles. The largest absolute Gasteiger partial charge is 0.459 e. The lowest BCUT2D eigenvalue weighted by atomic mass is 9.84. The molecule has 1 aliphatic rings. The van der Waals surface area contributed by atoms with Crippen LogP contribution in [0.5, 0.6) is 0 Å². The molecule has 0 saturated carbocycles. The predicted octanol–water partition coefficient (Wildman–Crippen LogP) is -0.0398. The summed E-state index contributed by atoms with van der Waals surface area (Å²) in [6.45, 7) is 0.0860. The van der Waals surface area contributed by atoms with Gasteiger partial charge in [0.2, 0.25) is 5.91 Å². The van der Waals surface area contributed by atoms with Gasteiger partial charge in [-0.2, -0.15) is 0 Å². The number of aliphatic imine (C=N–C) groups is 1. The molecule has 1 unspecified atom stereocenters. The van der Waals surface area contributed by atoms with Crippen LogP contribution in [0.1, 0.15) is 16.1 Å². The van der Waals surface area contributed by atoms with Gasteiger partial charge in [-0.05, 0) is 29.8 Å². The van der Waals surface area contributed by atoms with Gasteiger partial charge in [0.25, 0.3) is 11.8 Å². The van der Waals surface area contributed by atoms with Gasteiger partial charge in [0.05, 0.1) is 12.9 Å². The van der Waals surface area contributed by atoms with Crippen LogP contribution in [0.3, 0.4) is 0 Å². The molecule has 0 spiro atoms. The van der Waals surface area contributed by atoms with Crippen molar-refractivity contribution in [1.29, 1.82) is 0 Å². The predicted molar refractivity (Wildman–Crippen MR) is 93.5 cm³/mol. The Balaban J connectivity index is 1.88. The highest BCUT2D eigenvalue weighted by atomic mass is 16.3. The van der Waals surface area contributed by atoms with E-state index in [0.29, 0.717) is 11.3 Å². The number of nitrogens with two attached hydrogens (primary N) is 1. The minimum atomic E-state index is -1.52. The van der Waals surface area contributed by atoms with Gasteiger partial charge in [0.1, 0.15) is 5.71 Å². The molecule has 0 radical (unpaired) electrons. The third-order valence-corrected chi connectivity index (χ3v) is 4.07. The fourth-order valence-electron chi connectivity index (χ4n) is 2.79. The number of primary amides is 1. The van der Waals surface area contributed by atoms with E-state index in [1.165, 1.54) is 13.3 Å². The van der Waals surface area contributed by atoms with Crippen molar-refractivity contribution in [3.05, 3.63) is 54.0 Å². The van der Waals surface area contributed by atoms with Crippen molar-refractivity contribution in [2.45, 2.75) is 5.54 Å². The first-order valence-corrected chi connectivity index (χ1v) is 7.76.